The van der Waals surface area contributed by atoms with Gasteiger partial charge in [-0.05, 0) is 98.2 Å². The van der Waals surface area contributed by atoms with Crippen molar-refractivity contribution in [3.05, 3.63) is 107 Å². The van der Waals surface area contributed by atoms with E-state index in [0.29, 0.717) is 47.5 Å². The first-order valence-corrected chi connectivity index (χ1v) is 16.5. The number of sulfonamides is 1. The van der Waals surface area contributed by atoms with Crippen LogP contribution in [0, 0.1) is 17.2 Å². The molecule has 0 radical (unpaired) electrons. The maximum absolute atomic E-state index is 14.9. The molecule has 44 heavy (non-hydrogen) atoms. The van der Waals surface area contributed by atoms with E-state index in [1.807, 2.05) is 36.2 Å². The normalized spacial score (nSPS) is 24.1. The Labute approximate surface area is 257 Å². The highest BCUT2D eigenvalue weighted by atomic mass is 32.2. The number of likely N-dealkylation sites (N-methyl/N-ethyl adjacent to an activating group) is 1. The van der Waals surface area contributed by atoms with Gasteiger partial charge in [0.2, 0.25) is 10.0 Å². The molecule has 2 atom stereocenters. The minimum atomic E-state index is -3.32. The Kier molecular flexibility index (Phi) is 7.82. The van der Waals surface area contributed by atoms with Crippen LogP contribution in [-0.2, 0) is 20.4 Å². The topological polar surface area (TPSA) is 128 Å². The van der Waals surface area contributed by atoms with Crippen LogP contribution in [0.15, 0.2) is 85.2 Å². The van der Waals surface area contributed by atoms with E-state index in [-0.39, 0.29) is 35.4 Å². The summed E-state index contributed by atoms with van der Waals surface area (Å²) in [4.78, 5) is 40.5. The number of fused-ring (bicyclic) bond motifs is 2. The lowest BCUT2D eigenvalue weighted by atomic mass is 9.82. The predicted octanol–water partition coefficient (Wildman–Crippen LogP) is 3.68. The molecule has 0 saturated carbocycles. The lowest BCUT2D eigenvalue weighted by Crippen LogP contribution is -2.49. The van der Waals surface area contributed by atoms with Crippen molar-refractivity contribution in [1.29, 1.82) is 5.26 Å². The third-order valence-electron chi connectivity index (χ3n) is 9.32. The van der Waals surface area contributed by atoms with Crippen molar-refractivity contribution >= 4 is 21.7 Å². The van der Waals surface area contributed by atoms with Gasteiger partial charge < -0.3 is 4.90 Å². The van der Waals surface area contributed by atoms with Crippen LogP contribution < -0.4 is 0 Å². The number of aromatic nitrogens is 2. The van der Waals surface area contributed by atoms with Gasteiger partial charge in [-0.25, -0.2) is 8.42 Å². The second-order valence-corrected chi connectivity index (χ2v) is 13.8. The van der Waals surface area contributed by atoms with Gasteiger partial charge in [0.25, 0.3) is 5.91 Å². The van der Waals surface area contributed by atoms with Gasteiger partial charge in [-0.15, -0.1) is 0 Å². The van der Waals surface area contributed by atoms with E-state index in [1.165, 1.54) is 6.08 Å². The molecule has 2 bridgehead atoms. The van der Waals surface area contributed by atoms with Crippen molar-refractivity contribution in [3.63, 3.8) is 0 Å². The van der Waals surface area contributed by atoms with E-state index in [2.05, 4.69) is 16.0 Å². The van der Waals surface area contributed by atoms with Gasteiger partial charge in [-0.2, -0.15) is 9.57 Å². The van der Waals surface area contributed by atoms with Crippen molar-refractivity contribution in [2.45, 2.75) is 50.2 Å². The summed E-state index contributed by atoms with van der Waals surface area (Å²) in [6.45, 7) is 2.03. The van der Waals surface area contributed by atoms with Gasteiger partial charge in [-0.1, -0.05) is 0 Å². The Morgan fingerprint density at radius 2 is 1.52 bits per heavy atom. The highest BCUT2D eigenvalue weighted by Crippen LogP contribution is 2.47. The summed E-state index contributed by atoms with van der Waals surface area (Å²) in [5.41, 5.74) is 0.973. The number of allylic oxidation sites excluding steroid dienone is 1. The molecule has 2 unspecified atom stereocenters. The molecule has 10 nitrogen and oxygen atoms in total. The lowest BCUT2D eigenvalue weighted by Gasteiger charge is -2.39. The molecular formula is C33H34N6O4S. The first-order valence-electron chi connectivity index (χ1n) is 14.8. The van der Waals surface area contributed by atoms with Crippen molar-refractivity contribution in [3.8, 4) is 6.07 Å². The molecule has 5 heterocycles. The number of hydrogen-bond acceptors (Lipinski definition) is 8. The van der Waals surface area contributed by atoms with Crippen LogP contribution in [0.1, 0.15) is 59.7 Å². The quantitative estimate of drug-likeness (QED) is 0.279. The number of carbonyl (C=O) groups is 2. The highest BCUT2D eigenvalue weighted by Gasteiger charge is 2.57. The zero-order valence-corrected chi connectivity index (χ0v) is 25.5. The summed E-state index contributed by atoms with van der Waals surface area (Å²) in [7, 11) is -1.51. The van der Waals surface area contributed by atoms with Crippen molar-refractivity contribution in [2.24, 2.45) is 5.92 Å². The third-order valence-corrected chi connectivity index (χ3v) is 11.3. The predicted molar refractivity (Wildman–Crippen MR) is 163 cm³/mol. The zero-order chi connectivity index (χ0) is 31.1. The van der Waals surface area contributed by atoms with E-state index in [1.54, 1.807) is 65.2 Å². The summed E-state index contributed by atoms with van der Waals surface area (Å²) >= 11 is 0. The van der Waals surface area contributed by atoms with Crippen LogP contribution in [0.4, 0.5) is 0 Å². The number of benzene rings is 1. The van der Waals surface area contributed by atoms with Gasteiger partial charge >= 0.3 is 0 Å². The maximum atomic E-state index is 14.9. The van der Waals surface area contributed by atoms with Crippen LogP contribution in [-0.4, -0.2) is 75.6 Å². The monoisotopic (exact) mass is 610 g/mol. The number of amides is 1. The third kappa shape index (κ3) is 4.88. The number of nitrogens with zero attached hydrogens (tertiary/aromatic N) is 6. The van der Waals surface area contributed by atoms with Gasteiger partial charge in [0, 0.05) is 62.1 Å². The number of rotatable bonds is 8. The van der Waals surface area contributed by atoms with Gasteiger partial charge in [0.05, 0.1) is 17.4 Å². The average molecular weight is 611 g/mol. The molecule has 0 spiro atoms. The highest BCUT2D eigenvalue weighted by molar-refractivity contribution is 7.89. The molecule has 226 valence electrons. The fourth-order valence-electron chi connectivity index (χ4n) is 7.30. The molecule has 3 saturated heterocycles. The lowest BCUT2D eigenvalue weighted by molar-refractivity contribution is -0.132. The average Bonchev–Trinajstić information content (AvgIpc) is 3.45. The molecule has 0 N–H and O–H groups in total. The molecular weight excluding hydrogens is 576 g/mol. The number of carbonyl (C=O) groups excluding carboxylic acids is 2. The molecule has 6 rings (SSSR count). The number of hydrogen-bond donors (Lipinski definition) is 0. The number of ketones is 1. The smallest absolute Gasteiger partial charge is 0.263 e. The molecule has 11 heteroatoms. The van der Waals surface area contributed by atoms with Crippen LogP contribution in [0.5, 0.6) is 0 Å². The summed E-state index contributed by atoms with van der Waals surface area (Å²) in [5.74, 6) is 0.0805. The van der Waals surface area contributed by atoms with Crippen LogP contribution in [0.2, 0.25) is 0 Å². The van der Waals surface area contributed by atoms with E-state index in [9.17, 15) is 23.3 Å². The summed E-state index contributed by atoms with van der Waals surface area (Å²) in [5, 5.41) is 9.20. The molecule has 3 aliphatic rings. The second kappa shape index (κ2) is 11.6. The summed E-state index contributed by atoms with van der Waals surface area (Å²) in [6.07, 6.45) is 11.0. The van der Waals surface area contributed by atoms with Crippen LogP contribution in [0.3, 0.4) is 0 Å². The Morgan fingerprint density at radius 3 is 2.02 bits per heavy atom. The Morgan fingerprint density at radius 1 is 0.977 bits per heavy atom. The fraction of sp³-hybridized carbons (Fsp3) is 0.364. The minimum Gasteiger partial charge on any atom is -0.339 e. The standard InChI is InChI=1S/C33H34N6O4S/c1-3-44(42,43)39-28-8-9-29(39)19-24(18-28)22-38-31(20-30(40)25-6-4-23(21-34)5-7-25)37(2)33(32(38)41,26-10-14-35-15-11-26)27-12-16-36-17-13-27/h4-7,10-17,20,24,28-29H,3,8-9,18-19,22H2,1-2H3. The number of piperidine rings is 1. The van der Waals surface area contributed by atoms with Gasteiger partial charge in [-0.3, -0.25) is 24.5 Å². The van der Waals surface area contributed by atoms with Crippen LogP contribution >= 0.6 is 0 Å². The molecule has 1 amide bonds. The van der Waals surface area contributed by atoms with E-state index < -0.39 is 15.6 Å². The molecule has 1 aromatic carbocycles. The first kappa shape index (κ1) is 29.7. The van der Waals surface area contributed by atoms with Crippen LogP contribution in [0.25, 0.3) is 0 Å². The molecule has 0 aliphatic carbocycles. The Hall–Kier alpha value is -4.40. The molecule has 3 aromatic rings. The molecule has 3 aliphatic heterocycles. The van der Waals surface area contributed by atoms with Gasteiger partial charge in [0.1, 0.15) is 5.82 Å². The Balaban J connectivity index is 1.43. The maximum Gasteiger partial charge on any atom is 0.263 e. The largest absolute Gasteiger partial charge is 0.339 e. The van der Waals surface area contributed by atoms with Crippen molar-refractivity contribution < 1.29 is 18.0 Å². The second-order valence-electron chi connectivity index (χ2n) is 11.7. The zero-order valence-electron chi connectivity index (χ0n) is 24.7. The summed E-state index contributed by atoms with van der Waals surface area (Å²) < 4.78 is 27.5. The SMILES string of the molecule is CCS(=O)(=O)N1C2CCC1CC(CN1C(=O)C(c3ccncc3)(c3ccncc3)N(C)C1=CC(=O)c1ccc(C#N)cc1)C2. The van der Waals surface area contributed by atoms with Crippen molar-refractivity contribution in [2.75, 3.05) is 19.3 Å². The Bertz CT molecular complexity index is 1680. The number of nitriles is 1. The van der Waals surface area contributed by atoms with E-state index in [4.69, 9.17) is 0 Å². The van der Waals surface area contributed by atoms with E-state index >= 15 is 0 Å². The molecule has 3 fully saturated rings. The number of pyridine rings is 2. The van der Waals surface area contributed by atoms with Gasteiger partial charge in [0.15, 0.2) is 11.3 Å². The molecule has 2 aromatic heterocycles. The fourth-order valence-corrected chi connectivity index (χ4v) is 8.89. The minimum absolute atomic E-state index is 0.0484. The van der Waals surface area contributed by atoms with E-state index in [0.717, 1.165) is 12.8 Å². The van der Waals surface area contributed by atoms with Crippen molar-refractivity contribution in [1.82, 2.24) is 24.1 Å². The first-order chi connectivity index (χ1) is 21.2. The summed E-state index contributed by atoms with van der Waals surface area (Å²) in [6, 6.07) is 15.6.